The molecule has 1 atom stereocenters. The first-order valence-corrected chi connectivity index (χ1v) is 8.78. The first kappa shape index (κ1) is 17.7. The van der Waals surface area contributed by atoms with Crippen LogP contribution < -0.4 is 10.6 Å². The number of aliphatic carboxylic acids is 1. The Kier molecular flexibility index (Phi) is 4.98. The molecule has 132 valence electrons. The molecule has 0 radical (unpaired) electrons. The Bertz CT molecular complexity index is 844. The number of nitrogens with zero attached hydrogens (tertiary/aromatic N) is 1. The second kappa shape index (κ2) is 7.03. The number of aromatic amines is 1. The van der Waals surface area contributed by atoms with Crippen LogP contribution in [0.25, 0.3) is 0 Å². The summed E-state index contributed by atoms with van der Waals surface area (Å²) in [7, 11) is 0. The maximum absolute atomic E-state index is 12.2. The maximum Gasteiger partial charge on any atom is 0.394 e. The highest BCUT2D eigenvalue weighted by molar-refractivity contribution is 7.16. The molecule has 0 bridgehead atoms. The molecule has 1 aliphatic carbocycles. The number of aromatic nitrogens is 2. The minimum atomic E-state index is -1.57. The fraction of sp³-hybridized carbons (Fsp3) is 0.286. The molecule has 1 aliphatic rings. The number of carboxylic acids is 1. The number of thiazole rings is 1. The Hall–Kier alpha value is -2.10. The Morgan fingerprint density at radius 2 is 2.12 bits per heavy atom. The molecular weight excluding hydrogens is 391 g/mol. The highest BCUT2D eigenvalue weighted by Gasteiger charge is 2.25. The minimum Gasteiger partial charge on any atom is -0.474 e. The van der Waals surface area contributed by atoms with E-state index in [1.54, 1.807) is 0 Å². The monoisotopic (exact) mass is 402 g/mol. The van der Waals surface area contributed by atoms with Gasteiger partial charge in [-0.05, 0) is 18.9 Å². The van der Waals surface area contributed by atoms with E-state index >= 15 is 0 Å². The van der Waals surface area contributed by atoms with Gasteiger partial charge in [0, 0.05) is 17.3 Å². The molecule has 8 nitrogen and oxygen atoms in total. The first-order chi connectivity index (χ1) is 11.8. The molecule has 2 amide bonds. The smallest absolute Gasteiger partial charge is 0.394 e. The number of aryl methyl sites for hydroxylation is 1. The van der Waals surface area contributed by atoms with Crippen LogP contribution in [0.3, 0.4) is 0 Å². The van der Waals surface area contributed by atoms with Gasteiger partial charge in [0.25, 0.3) is 5.91 Å². The molecule has 0 aromatic carbocycles. The lowest BCUT2D eigenvalue weighted by atomic mass is 9.97. The van der Waals surface area contributed by atoms with Crippen LogP contribution >= 0.6 is 34.5 Å². The van der Waals surface area contributed by atoms with Crippen molar-refractivity contribution in [1.82, 2.24) is 15.3 Å². The quantitative estimate of drug-likeness (QED) is 0.585. The van der Waals surface area contributed by atoms with E-state index in [9.17, 15) is 14.4 Å². The van der Waals surface area contributed by atoms with E-state index < -0.39 is 11.9 Å². The van der Waals surface area contributed by atoms with Crippen LogP contribution in [0, 0.1) is 0 Å². The predicted molar refractivity (Wildman–Crippen MR) is 92.5 cm³/mol. The van der Waals surface area contributed by atoms with Crippen molar-refractivity contribution in [2.45, 2.75) is 25.3 Å². The standard InChI is InChI=1S/C14H12Cl2N4O4S/c15-6-4-8(18-10(6)16)11(21)17-5-1-2-7-9(3-5)25-14(19-7)20-12(22)13(23)24/h4-5,18H,1-3H2,(H,17,21)(H,23,24)(H,19,20,22)/t5-/m0/s1. The SMILES string of the molecule is O=C(O)C(=O)Nc1nc2c(s1)C[C@@H](NC(=O)c1cc(Cl)c(Cl)[nH]1)CC2. The van der Waals surface area contributed by atoms with Gasteiger partial charge < -0.3 is 15.4 Å². The molecule has 0 fully saturated rings. The fourth-order valence-corrected chi connectivity index (χ4v) is 3.89. The normalized spacial score (nSPS) is 16.2. The van der Waals surface area contributed by atoms with Crippen LogP contribution in [0.15, 0.2) is 6.07 Å². The van der Waals surface area contributed by atoms with Crippen molar-refractivity contribution in [2.75, 3.05) is 5.32 Å². The second-order valence-corrected chi connectivity index (χ2v) is 7.28. The van der Waals surface area contributed by atoms with Gasteiger partial charge in [0.05, 0.1) is 10.7 Å². The van der Waals surface area contributed by atoms with Crippen LogP contribution in [0.5, 0.6) is 0 Å². The Morgan fingerprint density at radius 3 is 2.76 bits per heavy atom. The van der Waals surface area contributed by atoms with E-state index in [-0.39, 0.29) is 33.0 Å². The van der Waals surface area contributed by atoms with Gasteiger partial charge >= 0.3 is 11.9 Å². The van der Waals surface area contributed by atoms with Crippen molar-refractivity contribution in [3.8, 4) is 0 Å². The summed E-state index contributed by atoms with van der Waals surface area (Å²) in [6.45, 7) is 0. The highest BCUT2D eigenvalue weighted by atomic mass is 35.5. The summed E-state index contributed by atoms with van der Waals surface area (Å²) in [5.74, 6) is -3.01. The van der Waals surface area contributed by atoms with Gasteiger partial charge in [0.15, 0.2) is 5.13 Å². The molecule has 0 unspecified atom stereocenters. The highest BCUT2D eigenvalue weighted by Crippen LogP contribution is 2.30. The van der Waals surface area contributed by atoms with Gasteiger partial charge in [-0.1, -0.05) is 23.2 Å². The minimum absolute atomic E-state index is 0.107. The van der Waals surface area contributed by atoms with E-state index in [1.807, 2.05) is 0 Å². The predicted octanol–water partition coefficient (Wildman–Crippen LogP) is 2.09. The number of anilines is 1. The van der Waals surface area contributed by atoms with Crippen molar-refractivity contribution in [3.05, 3.63) is 32.5 Å². The van der Waals surface area contributed by atoms with Crippen LogP contribution in [-0.2, 0) is 22.4 Å². The number of carboxylic acid groups (broad SMARTS) is 1. The van der Waals surface area contributed by atoms with Crippen LogP contribution in [0.4, 0.5) is 5.13 Å². The van der Waals surface area contributed by atoms with Crippen molar-refractivity contribution < 1.29 is 19.5 Å². The van der Waals surface area contributed by atoms with Gasteiger partial charge in [-0.25, -0.2) is 9.78 Å². The van der Waals surface area contributed by atoms with E-state index in [2.05, 4.69) is 20.6 Å². The average Bonchev–Trinajstić information content (AvgIpc) is 3.09. The second-order valence-electron chi connectivity index (χ2n) is 5.41. The zero-order chi connectivity index (χ0) is 18.1. The molecule has 4 N–H and O–H groups in total. The lowest BCUT2D eigenvalue weighted by Crippen LogP contribution is -2.38. The summed E-state index contributed by atoms with van der Waals surface area (Å²) in [6, 6.07) is 1.35. The summed E-state index contributed by atoms with van der Waals surface area (Å²) in [5.41, 5.74) is 1.08. The van der Waals surface area contributed by atoms with Gasteiger partial charge in [-0.3, -0.25) is 14.9 Å². The van der Waals surface area contributed by atoms with Gasteiger partial charge in [0.1, 0.15) is 10.8 Å². The van der Waals surface area contributed by atoms with Crippen LogP contribution in [0.1, 0.15) is 27.5 Å². The molecule has 2 heterocycles. The summed E-state index contributed by atoms with van der Waals surface area (Å²) >= 11 is 12.8. The topological polar surface area (TPSA) is 124 Å². The van der Waals surface area contributed by atoms with Crippen molar-refractivity contribution in [3.63, 3.8) is 0 Å². The molecule has 2 aromatic heterocycles. The summed E-state index contributed by atoms with van der Waals surface area (Å²) in [4.78, 5) is 41.8. The number of nitrogens with one attached hydrogen (secondary N) is 3. The van der Waals surface area contributed by atoms with Crippen LogP contribution in [-0.4, -0.2) is 38.9 Å². The molecule has 0 spiro atoms. The molecule has 3 rings (SSSR count). The van der Waals surface area contributed by atoms with Crippen molar-refractivity contribution >= 4 is 57.5 Å². The number of carbonyl (C=O) groups excluding carboxylic acids is 2. The van der Waals surface area contributed by atoms with E-state index in [0.717, 1.165) is 10.6 Å². The Balaban J connectivity index is 1.65. The van der Waals surface area contributed by atoms with E-state index in [1.165, 1.54) is 17.4 Å². The number of rotatable bonds is 3. The molecule has 0 saturated carbocycles. The Labute approximate surface area is 155 Å². The number of carbonyl (C=O) groups is 3. The largest absolute Gasteiger partial charge is 0.474 e. The summed E-state index contributed by atoms with van der Waals surface area (Å²) in [5, 5.41) is 14.5. The van der Waals surface area contributed by atoms with Crippen molar-refractivity contribution in [1.29, 1.82) is 0 Å². The molecule has 11 heteroatoms. The third-order valence-electron chi connectivity index (χ3n) is 3.66. The first-order valence-electron chi connectivity index (χ1n) is 7.21. The molecular formula is C14H12Cl2N4O4S. The number of H-pyrrole nitrogens is 1. The number of halogens is 2. The average molecular weight is 403 g/mol. The van der Waals surface area contributed by atoms with Crippen molar-refractivity contribution in [2.24, 2.45) is 0 Å². The van der Waals surface area contributed by atoms with Gasteiger partial charge in [-0.2, -0.15) is 0 Å². The Morgan fingerprint density at radius 1 is 1.36 bits per heavy atom. The number of fused-ring (bicyclic) bond motifs is 1. The number of hydrogen-bond donors (Lipinski definition) is 4. The summed E-state index contributed by atoms with van der Waals surface area (Å²) in [6.07, 6.45) is 1.84. The zero-order valence-corrected chi connectivity index (χ0v) is 14.9. The van der Waals surface area contributed by atoms with E-state index in [0.29, 0.717) is 19.3 Å². The molecule has 25 heavy (non-hydrogen) atoms. The van der Waals surface area contributed by atoms with Gasteiger partial charge in [-0.15, -0.1) is 11.3 Å². The maximum atomic E-state index is 12.2. The lowest BCUT2D eigenvalue weighted by molar-refractivity contribution is -0.147. The molecule has 0 saturated heterocycles. The molecule has 2 aromatic rings. The number of hydrogen-bond acceptors (Lipinski definition) is 5. The molecule has 0 aliphatic heterocycles. The zero-order valence-electron chi connectivity index (χ0n) is 12.6. The summed E-state index contributed by atoms with van der Waals surface area (Å²) < 4.78 is 0. The number of amides is 2. The van der Waals surface area contributed by atoms with Crippen LogP contribution in [0.2, 0.25) is 10.2 Å². The fourth-order valence-electron chi connectivity index (χ4n) is 2.49. The van der Waals surface area contributed by atoms with Gasteiger partial charge in [0.2, 0.25) is 0 Å². The van der Waals surface area contributed by atoms with E-state index in [4.69, 9.17) is 28.3 Å². The third kappa shape index (κ3) is 3.94. The third-order valence-corrected chi connectivity index (χ3v) is 5.39. The lowest BCUT2D eigenvalue weighted by Gasteiger charge is -2.22.